The van der Waals surface area contributed by atoms with E-state index in [9.17, 15) is 4.79 Å². The number of carbonyl (C=O) groups excluding carboxylic acids is 1. The average molecular weight is 348 g/mol. The van der Waals surface area contributed by atoms with E-state index in [1.807, 2.05) is 48.0 Å². The third kappa shape index (κ3) is 3.09. The Bertz CT molecular complexity index is 941. The third-order valence-electron chi connectivity index (χ3n) is 4.96. The van der Waals surface area contributed by atoms with Crippen molar-refractivity contribution in [2.75, 3.05) is 0 Å². The molecule has 2 aromatic heterocycles. The summed E-state index contributed by atoms with van der Waals surface area (Å²) in [6.45, 7) is 6.16. The van der Waals surface area contributed by atoms with Crippen molar-refractivity contribution in [2.45, 2.75) is 51.6 Å². The van der Waals surface area contributed by atoms with Crippen molar-refractivity contribution in [3.63, 3.8) is 0 Å². The molecule has 0 radical (unpaired) electrons. The van der Waals surface area contributed by atoms with Gasteiger partial charge in [0.25, 0.3) is 5.91 Å². The van der Waals surface area contributed by atoms with Gasteiger partial charge in [0.1, 0.15) is 0 Å². The molecular formula is C21H24N4O. The van der Waals surface area contributed by atoms with Gasteiger partial charge in [-0.25, -0.2) is 9.67 Å². The van der Waals surface area contributed by atoms with Gasteiger partial charge in [0.05, 0.1) is 23.2 Å². The minimum absolute atomic E-state index is 0.0589. The fraction of sp³-hybridized carbons (Fsp3) is 0.381. The van der Waals surface area contributed by atoms with Gasteiger partial charge in [0, 0.05) is 17.7 Å². The third-order valence-corrected chi connectivity index (χ3v) is 4.96. The molecule has 1 aliphatic rings. The van der Waals surface area contributed by atoms with Crippen molar-refractivity contribution in [1.82, 2.24) is 20.1 Å². The Morgan fingerprint density at radius 1 is 1.19 bits per heavy atom. The number of carbonyl (C=O) groups is 1. The molecule has 0 unspecified atom stereocenters. The largest absolute Gasteiger partial charge is 0.345 e. The molecule has 134 valence electrons. The normalized spacial score (nSPS) is 15.4. The summed E-state index contributed by atoms with van der Waals surface area (Å²) in [5.74, 6) is 0.409. The number of hydrogen-bond donors (Lipinski definition) is 1. The summed E-state index contributed by atoms with van der Waals surface area (Å²) in [6, 6.07) is 12.1. The van der Waals surface area contributed by atoms with Crippen LogP contribution in [0.25, 0.3) is 11.0 Å². The first-order chi connectivity index (χ1) is 12.5. The second-order valence-electron chi connectivity index (χ2n) is 7.39. The summed E-state index contributed by atoms with van der Waals surface area (Å²) in [7, 11) is 0. The summed E-state index contributed by atoms with van der Waals surface area (Å²) in [5.41, 5.74) is 3.58. The first-order valence-electron chi connectivity index (χ1n) is 9.28. The molecule has 1 fully saturated rings. The van der Waals surface area contributed by atoms with Crippen LogP contribution in [0.15, 0.2) is 42.6 Å². The highest BCUT2D eigenvalue weighted by atomic mass is 16.1. The Balaban J connectivity index is 1.71. The SMILES string of the molecule is CC(C)n1ncc2c(C(=O)N[C@H](C)c3ccccc3)cc(C3CC3)nc21. The van der Waals surface area contributed by atoms with E-state index < -0.39 is 0 Å². The maximum atomic E-state index is 13.0. The van der Waals surface area contributed by atoms with Gasteiger partial charge >= 0.3 is 0 Å². The first kappa shape index (κ1) is 16.8. The summed E-state index contributed by atoms with van der Waals surface area (Å²) in [4.78, 5) is 17.9. The monoisotopic (exact) mass is 348 g/mol. The smallest absolute Gasteiger partial charge is 0.252 e. The van der Waals surface area contributed by atoms with Crippen molar-refractivity contribution in [3.8, 4) is 0 Å². The second kappa shape index (κ2) is 6.56. The van der Waals surface area contributed by atoms with Gasteiger partial charge in [0.15, 0.2) is 5.65 Å². The molecule has 26 heavy (non-hydrogen) atoms. The Labute approximate surface area is 153 Å². The van der Waals surface area contributed by atoms with E-state index in [0.717, 1.165) is 35.1 Å². The van der Waals surface area contributed by atoms with Gasteiger partial charge < -0.3 is 5.32 Å². The molecule has 5 nitrogen and oxygen atoms in total. The van der Waals surface area contributed by atoms with Crippen LogP contribution in [0.1, 0.15) is 73.2 Å². The van der Waals surface area contributed by atoms with E-state index in [0.29, 0.717) is 11.5 Å². The molecule has 1 atom stereocenters. The fourth-order valence-electron chi connectivity index (χ4n) is 3.29. The molecule has 1 saturated carbocycles. The zero-order chi connectivity index (χ0) is 18.3. The van der Waals surface area contributed by atoms with Crippen LogP contribution in [0.3, 0.4) is 0 Å². The van der Waals surface area contributed by atoms with Crippen LogP contribution >= 0.6 is 0 Å². The average Bonchev–Trinajstić information content (AvgIpc) is 3.40. The van der Waals surface area contributed by atoms with E-state index in [-0.39, 0.29) is 18.0 Å². The molecule has 0 saturated heterocycles. The number of rotatable bonds is 5. The molecule has 5 heteroatoms. The maximum Gasteiger partial charge on any atom is 0.252 e. The van der Waals surface area contributed by atoms with Crippen LogP contribution in [0.2, 0.25) is 0 Å². The highest BCUT2D eigenvalue weighted by Crippen LogP contribution is 2.40. The lowest BCUT2D eigenvalue weighted by Gasteiger charge is -2.15. The van der Waals surface area contributed by atoms with Crippen LogP contribution < -0.4 is 5.32 Å². The fourth-order valence-corrected chi connectivity index (χ4v) is 3.29. The maximum absolute atomic E-state index is 13.0. The second-order valence-corrected chi connectivity index (χ2v) is 7.39. The standard InChI is InChI=1S/C21H24N4O/c1-13(2)25-20-18(12-22-25)17(11-19(24-20)16-9-10-16)21(26)23-14(3)15-7-5-4-6-8-15/h4-8,11-14,16H,9-10H2,1-3H3,(H,23,26)/t14-/m1/s1. The minimum atomic E-state index is -0.0704. The van der Waals surface area contributed by atoms with Crippen molar-refractivity contribution >= 4 is 16.9 Å². The summed E-state index contributed by atoms with van der Waals surface area (Å²) >= 11 is 0. The van der Waals surface area contributed by atoms with Crippen molar-refractivity contribution in [1.29, 1.82) is 0 Å². The predicted molar refractivity (Wildman–Crippen MR) is 102 cm³/mol. The van der Waals surface area contributed by atoms with Crippen LogP contribution in [-0.4, -0.2) is 20.7 Å². The predicted octanol–water partition coefficient (Wildman–Crippen LogP) is 4.38. The molecule has 1 aliphatic carbocycles. The zero-order valence-corrected chi connectivity index (χ0v) is 15.4. The number of hydrogen-bond acceptors (Lipinski definition) is 3. The van der Waals surface area contributed by atoms with E-state index in [1.165, 1.54) is 0 Å². The van der Waals surface area contributed by atoms with Crippen LogP contribution in [0, 0.1) is 0 Å². The summed E-state index contributed by atoms with van der Waals surface area (Å²) in [5, 5.41) is 8.42. The van der Waals surface area contributed by atoms with Gasteiger partial charge in [-0.15, -0.1) is 0 Å². The Hall–Kier alpha value is -2.69. The van der Waals surface area contributed by atoms with Gasteiger partial charge in [-0.1, -0.05) is 30.3 Å². The van der Waals surface area contributed by atoms with E-state index in [1.54, 1.807) is 6.20 Å². The summed E-state index contributed by atoms with van der Waals surface area (Å²) in [6.07, 6.45) is 4.06. The molecule has 4 rings (SSSR count). The number of aromatic nitrogens is 3. The first-order valence-corrected chi connectivity index (χ1v) is 9.28. The Morgan fingerprint density at radius 2 is 1.92 bits per heavy atom. The molecule has 1 amide bonds. The van der Waals surface area contributed by atoms with Gasteiger partial charge in [0.2, 0.25) is 0 Å². The lowest BCUT2D eigenvalue weighted by Crippen LogP contribution is -2.27. The molecule has 0 spiro atoms. The Morgan fingerprint density at radius 3 is 2.58 bits per heavy atom. The van der Waals surface area contributed by atoms with Crippen LogP contribution in [-0.2, 0) is 0 Å². The molecule has 1 N–H and O–H groups in total. The van der Waals surface area contributed by atoms with Gasteiger partial charge in [-0.3, -0.25) is 4.79 Å². The highest BCUT2D eigenvalue weighted by Gasteiger charge is 2.28. The molecular weight excluding hydrogens is 324 g/mol. The molecule has 3 aromatic rings. The number of pyridine rings is 1. The minimum Gasteiger partial charge on any atom is -0.345 e. The number of fused-ring (bicyclic) bond motifs is 1. The highest BCUT2D eigenvalue weighted by molar-refractivity contribution is 6.05. The zero-order valence-electron chi connectivity index (χ0n) is 15.4. The molecule has 0 bridgehead atoms. The topological polar surface area (TPSA) is 59.8 Å². The number of nitrogens with zero attached hydrogens (tertiary/aromatic N) is 3. The lowest BCUT2D eigenvalue weighted by molar-refractivity contribution is 0.0941. The Kier molecular flexibility index (Phi) is 4.23. The molecule has 2 heterocycles. The van der Waals surface area contributed by atoms with Crippen LogP contribution in [0.4, 0.5) is 0 Å². The summed E-state index contributed by atoms with van der Waals surface area (Å²) < 4.78 is 1.90. The molecule has 1 aromatic carbocycles. The van der Waals surface area contributed by atoms with E-state index in [4.69, 9.17) is 4.98 Å². The quantitative estimate of drug-likeness (QED) is 0.744. The van der Waals surface area contributed by atoms with Crippen LogP contribution in [0.5, 0.6) is 0 Å². The number of amides is 1. The van der Waals surface area contributed by atoms with Crippen molar-refractivity contribution in [2.24, 2.45) is 0 Å². The van der Waals surface area contributed by atoms with Gasteiger partial charge in [-0.05, 0) is 45.2 Å². The van der Waals surface area contributed by atoms with Crippen molar-refractivity contribution in [3.05, 3.63) is 59.4 Å². The molecule has 0 aliphatic heterocycles. The van der Waals surface area contributed by atoms with Crippen molar-refractivity contribution < 1.29 is 4.79 Å². The van der Waals surface area contributed by atoms with E-state index in [2.05, 4.69) is 24.3 Å². The number of benzene rings is 1. The van der Waals surface area contributed by atoms with Gasteiger partial charge in [-0.2, -0.15) is 5.10 Å². The lowest BCUT2D eigenvalue weighted by atomic mass is 10.1. The van der Waals surface area contributed by atoms with E-state index >= 15 is 0 Å². The number of nitrogens with one attached hydrogen (secondary N) is 1.